The summed E-state index contributed by atoms with van der Waals surface area (Å²) in [6, 6.07) is 5.42. The molecule has 24 heavy (non-hydrogen) atoms. The second-order valence-electron chi connectivity index (χ2n) is 6.58. The number of likely N-dealkylation sites (N-methyl/N-ethyl adjacent to an activating group) is 1. The zero-order valence-electron chi connectivity index (χ0n) is 14.3. The number of halogens is 1. The van der Waals surface area contributed by atoms with E-state index in [2.05, 4.69) is 5.32 Å². The lowest BCUT2D eigenvalue weighted by Gasteiger charge is -2.30. The van der Waals surface area contributed by atoms with Crippen LogP contribution in [-0.4, -0.2) is 60.3 Å². The van der Waals surface area contributed by atoms with Crippen LogP contribution in [-0.2, 0) is 9.59 Å². The Morgan fingerprint density at radius 3 is 2.33 bits per heavy atom. The van der Waals surface area contributed by atoms with Gasteiger partial charge in [-0.2, -0.15) is 0 Å². The van der Waals surface area contributed by atoms with Gasteiger partial charge in [0.25, 0.3) is 0 Å². The fourth-order valence-electron chi connectivity index (χ4n) is 2.39. The summed E-state index contributed by atoms with van der Waals surface area (Å²) in [5.74, 6) is -1.95. The molecule has 6 nitrogen and oxygen atoms in total. The van der Waals surface area contributed by atoms with E-state index in [1.54, 1.807) is 7.05 Å². The van der Waals surface area contributed by atoms with Crippen molar-refractivity contribution in [2.24, 2.45) is 5.41 Å². The third kappa shape index (κ3) is 5.90. The minimum atomic E-state index is -0.779. The molecule has 0 saturated carbocycles. The number of aliphatic hydroxyl groups is 2. The minimum Gasteiger partial charge on any atom is -0.395 e. The number of nitrogens with one attached hydrogen (secondary N) is 1. The van der Waals surface area contributed by atoms with Crippen LogP contribution in [0.4, 0.5) is 4.39 Å². The first-order valence-electron chi connectivity index (χ1n) is 7.69. The van der Waals surface area contributed by atoms with Gasteiger partial charge in [0.1, 0.15) is 12.4 Å². The molecular formula is C17H25FN2O4. The van der Waals surface area contributed by atoms with E-state index in [1.807, 2.05) is 13.8 Å². The maximum Gasteiger partial charge on any atom is 0.248 e. The monoisotopic (exact) mass is 340 g/mol. The van der Waals surface area contributed by atoms with E-state index in [-0.39, 0.29) is 19.1 Å². The molecule has 1 unspecified atom stereocenters. The lowest BCUT2D eigenvalue weighted by molar-refractivity contribution is -0.134. The molecule has 0 saturated heterocycles. The van der Waals surface area contributed by atoms with E-state index in [4.69, 9.17) is 5.11 Å². The van der Waals surface area contributed by atoms with Gasteiger partial charge < -0.3 is 20.4 Å². The summed E-state index contributed by atoms with van der Waals surface area (Å²) in [5, 5.41) is 21.1. The summed E-state index contributed by atoms with van der Waals surface area (Å²) >= 11 is 0. The molecule has 0 bridgehead atoms. The summed E-state index contributed by atoms with van der Waals surface area (Å²) in [6.45, 7) is 3.44. The van der Waals surface area contributed by atoms with Gasteiger partial charge in [0.15, 0.2) is 0 Å². The average molecular weight is 340 g/mol. The summed E-state index contributed by atoms with van der Waals surface area (Å²) in [7, 11) is 1.58. The second-order valence-corrected chi connectivity index (χ2v) is 6.58. The smallest absolute Gasteiger partial charge is 0.248 e. The Morgan fingerprint density at radius 1 is 1.25 bits per heavy atom. The summed E-state index contributed by atoms with van der Waals surface area (Å²) in [5.41, 5.74) is 0.111. The number of aliphatic hydroxyl groups excluding tert-OH is 2. The highest BCUT2D eigenvalue weighted by Crippen LogP contribution is 2.19. The van der Waals surface area contributed by atoms with Crippen molar-refractivity contribution >= 4 is 11.8 Å². The van der Waals surface area contributed by atoms with Crippen molar-refractivity contribution in [1.29, 1.82) is 0 Å². The highest BCUT2D eigenvalue weighted by Gasteiger charge is 2.26. The van der Waals surface area contributed by atoms with Crippen molar-refractivity contribution in [2.75, 3.05) is 33.4 Å². The third-order valence-corrected chi connectivity index (χ3v) is 3.74. The lowest BCUT2D eigenvalue weighted by atomic mass is 9.92. The van der Waals surface area contributed by atoms with Gasteiger partial charge in [0, 0.05) is 20.1 Å². The minimum absolute atomic E-state index is 0.284. The molecule has 3 N–H and O–H groups in total. The van der Waals surface area contributed by atoms with Crippen LogP contribution in [0.5, 0.6) is 0 Å². The standard InChI is InChI=1S/C17H25FN2O4/c1-17(2,11-20(3)15(23)9-22)10-19-16(24)14(8-21)12-4-6-13(18)7-5-12/h4-7,14,21-22H,8-11H2,1-3H3,(H,19,24). The van der Waals surface area contributed by atoms with Crippen LogP contribution in [0.25, 0.3) is 0 Å². The normalized spacial score (nSPS) is 12.6. The van der Waals surface area contributed by atoms with Gasteiger partial charge in [0.2, 0.25) is 11.8 Å². The summed E-state index contributed by atoms with van der Waals surface area (Å²) < 4.78 is 13.0. The average Bonchev–Trinajstić information content (AvgIpc) is 2.54. The van der Waals surface area contributed by atoms with Crippen molar-refractivity contribution in [2.45, 2.75) is 19.8 Å². The lowest BCUT2D eigenvalue weighted by Crippen LogP contribution is -2.44. The Hall–Kier alpha value is -1.99. The van der Waals surface area contributed by atoms with Crippen molar-refractivity contribution < 1.29 is 24.2 Å². The predicted molar refractivity (Wildman–Crippen MR) is 87.7 cm³/mol. The quantitative estimate of drug-likeness (QED) is 0.643. The Balaban J connectivity index is 2.65. The van der Waals surface area contributed by atoms with Crippen LogP contribution < -0.4 is 5.32 Å². The van der Waals surface area contributed by atoms with E-state index >= 15 is 0 Å². The number of hydrogen-bond acceptors (Lipinski definition) is 4. The van der Waals surface area contributed by atoms with Crippen molar-refractivity contribution in [3.63, 3.8) is 0 Å². The van der Waals surface area contributed by atoms with E-state index < -0.39 is 29.7 Å². The predicted octanol–water partition coefficient (Wildman–Crippen LogP) is 0.495. The van der Waals surface area contributed by atoms with Gasteiger partial charge in [-0.25, -0.2) is 4.39 Å². The fraction of sp³-hybridized carbons (Fsp3) is 0.529. The van der Waals surface area contributed by atoms with Gasteiger partial charge in [-0.3, -0.25) is 9.59 Å². The number of benzene rings is 1. The first-order valence-corrected chi connectivity index (χ1v) is 7.69. The van der Waals surface area contributed by atoms with Crippen LogP contribution in [0.1, 0.15) is 25.3 Å². The van der Waals surface area contributed by atoms with Crippen molar-refractivity contribution in [1.82, 2.24) is 10.2 Å². The first kappa shape index (κ1) is 20.1. The van der Waals surface area contributed by atoms with Crippen molar-refractivity contribution in [3.8, 4) is 0 Å². The van der Waals surface area contributed by atoms with Gasteiger partial charge in [-0.15, -0.1) is 0 Å². The molecule has 1 rings (SSSR count). The topological polar surface area (TPSA) is 89.9 Å². The molecule has 0 aromatic heterocycles. The first-order chi connectivity index (χ1) is 11.2. The molecule has 1 aromatic carbocycles. The number of rotatable bonds is 8. The van der Waals surface area contributed by atoms with Gasteiger partial charge in [-0.1, -0.05) is 26.0 Å². The molecular weight excluding hydrogens is 315 g/mol. The highest BCUT2D eigenvalue weighted by molar-refractivity contribution is 5.83. The Morgan fingerprint density at radius 2 is 1.83 bits per heavy atom. The van der Waals surface area contributed by atoms with E-state index in [1.165, 1.54) is 29.2 Å². The molecule has 2 amide bonds. The van der Waals surface area contributed by atoms with Crippen LogP contribution in [0.15, 0.2) is 24.3 Å². The number of amides is 2. The van der Waals surface area contributed by atoms with Gasteiger partial charge in [-0.05, 0) is 23.1 Å². The molecule has 7 heteroatoms. The molecule has 134 valence electrons. The second kappa shape index (κ2) is 8.75. The number of carbonyl (C=O) groups is 2. The molecule has 0 heterocycles. The fourth-order valence-corrected chi connectivity index (χ4v) is 2.39. The molecule has 0 radical (unpaired) electrons. The van der Waals surface area contributed by atoms with E-state index in [0.717, 1.165) is 0 Å². The molecule has 0 aliphatic heterocycles. The van der Waals surface area contributed by atoms with Crippen LogP contribution in [0.2, 0.25) is 0 Å². The Kier molecular flexibility index (Phi) is 7.31. The summed E-state index contributed by atoms with van der Waals surface area (Å²) in [6.07, 6.45) is 0. The molecule has 0 aliphatic carbocycles. The molecule has 0 aliphatic rings. The van der Waals surface area contributed by atoms with Crippen LogP contribution in [0, 0.1) is 11.2 Å². The number of nitrogens with zero attached hydrogens (tertiary/aromatic N) is 1. The van der Waals surface area contributed by atoms with Crippen LogP contribution >= 0.6 is 0 Å². The SMILES string of the molecule is CN(CC(C)(C)CNC(=O)C(CO)c1ccc(F)cc1)C(=O)CO. The van der Waals surface area contributed by atoms with Crippen LogP contribution in [0.3, 0.4) is 0 Å². The molecule has 0 spiro atoms. The molecule has 0 fully saturated rings. The largest absolute Gasteiger partial charge is 0.395 e. The molecule has 1 aromatic rings. The Labute approximate surface area is 141 Å². The van der Waals surface area contributed by atoms with E-state index in [0.29, 0.717) is 12.1 Å². The zero-order valence-corrected chi connectivity index (χ0v) is 14.3. The maximum absolute atomic E-state index is 13.0. The summed E-state index contributed by atoms with van der Waals surface area (Å²) in [4.78, 5) is 25.1. The van der Waals surface area contributed by atoms with Gasteiger partial charge in [0.05, 0.1) is 12.5 Å². The van der Waals surface area contributed by atoms with Gasteiger partial charge >= 0.3 is 0 Å². The number of carbonyl (C=O) groups excluding carboxylic acids is 2. The highest BCUT2D eigenvalue weighted by atomic mass is 19.1. The third-order valence-electron chi connectivity index (χ3n) is 3.74. The Bertz CT molecular complexity index is 560. The van der Waals surface area contributed by atoms with E-state index in [9.17, 15) is 19.1 Å². The molecule has 1 atom stereocenters. The zero-order chi connectivity index (χ0) is 18.3. The maximum atomic E-state index is 13.0. The number of hydrogen-bond donors (Lipinski definition) is 3. The van der Waals surface area contributed by atoms with Crippen molar-refractivity contribution in [3.05, 3.63) is 35.6 Å².